The molecule has 0 spiro atoms. The van der Waals surface area contributed by atoms with Gasteiger partial charge in [-0.25, -0.2) is 8.42 Å². The number of para-hydroxylation sites is 1. The van der Waals surface area contributed by atoms with E-state index in [2.05, 4.69) is 35.8 Å². The predicted octanol–water partition coefficient (Wildman–Crippen LogP) is 2.64. The molecule has 1 heterocycles. The van der Waals surface area contributed by atoms with E-state index in [4.69, 9.17) is 0 Å². The molecule has 0 aliphatic carbocycles. The Labute approximate surface area is 108 Å². The quantitative estimate of drug-likeness (QED) is 0.833. The van der Waals surface area contributed by atoms with Crippen LogP contribution in [0.1, 0.15) is 18.9 Å². The van der Waals surface area contributed by atoms with Crippen molar-refractivity contribution in [3.63, 3.8) is 0 Å². The second-order valence-corrected chi connectivity index (χ2v) is 6.96. The molecule has 1 aromatic carbocycles. The van der Waals surface area contributed by atoms with Gasteiger partial charge < -0.3 is 4.57 Å². The van der Waals surface area contributed by atoms with Crippen LogP contribution in [-0.4, -0.2) is 25.0 Å². The van der Waals surface area contributed by atoms with Gasteiger partial charge in [0.2, 0.25) is 0 Å². The average Bonchev–Trinajstić information content (AvgIpc) is 2.71. The number of rotatable bonds is 5. The van der Waals surface area contributed by atoms with Gasteiger partial charge in [-0.3, -0.25) is 0 Å². The normalized spacial score (nSPS) is 12.1. The highest BCUT2D eigenvalue weighted by Gasteiger charge is 2.06. The third-order valence-electron chi connectivity index (χ3n) is 3.17. The summed E-state index contributed by atoms with van der Waals surface area (Å²) < 4.78 is 24.4. The van der Waals surface area contributed by atoms with Crippen molar-refractivity contribution >= 4 is 20.7 Å². The summed E-state index contributed by atoms with van der Waals surface area (Å²) in [5.41, 5.74) is 2.56. The Kier molecular flexibility index (Phi) is 3.76. The van der Waals surface area contributed by atoms with E-state index in [0.29, 0.717) is 6.42 Å². The van der Waals surface area contributed by atoms with Gasteiger partial charge in [0.15, 0.2) is 0 Å². The van der Waals surface area contributed by atoms with Crippen molar-refractivity contribution in [2.45, 2.75) is 26.3 Å². The van der Waals surface area contributed by atoms with Crippen LogP contribution in [0.5, 0.6) is 0 Å². The van der Waals surface area contributed by atoms with E-state index in [0.717, 1.165) is 13.0 Å². The molecule has 0 N–H and O–H groups in total. The van der Waals surface area contributed by atoms with E-state index in [1.54, 1.807) is 0 Å². The molecule has 0 radical (unpaired) electrons. The average molecular weight is 265 g/mol. The van der Waals surface area contributed by atoms with Gasteiger partial charge in [-0.1, -0.05) is 25.1 Å². The molecule has 0 saturated carbocycles. The predicted molar refractivity (Wildman–Crippen MR) is 75.6 cm³/mol. The van der Waals surface area contributed by atoms with Crippen LogP contribution >= 0.6 is 0 Å². The maximum Gasteiger partial charge on any atom is 0.147 e. The van der Waals surface area contributed by atoms with Crippen molar-refractivity contribution < 1.29 is 8.42 Å². The Morgan fingerprint density at radius 2 is 2.00 bits per heavy atom. The lowest BCUT2D eigenvalue weighted by Gasteiger charge is -2.08. The first-order valence-electron chi connectivity index (χ1n) is 6.25. The number of nitrogens with zero attached hydrogens (tertiary/aromatic N) is 1. The molecule has 0 aliphatic heterocycles. The third kappa shape index (κ3) is 2.93. The fourth-order valence-corrected chi connectivity index (χ4v) is 2.96. The van der Waals surface area contributed by atoms with Crippen LogP contribution in [0.15, 0.2) is 30.5 Å². The minimum Gasteiger partial charge on any atom is -0.347 e. The molecule has 0 atom stereocenters. The monoisotopic (exact) mass is 265 g/mol. The second-order valence-electron chi connectivity index (χ2n) is 4.70. The molecule has 0 bridgehead atoms. The number of hydrogen-bond acceptors (Lipinski definition) is 2. The van der Waals surface area contributed by atoms with Crippen molar-refractivity contribution in [1.82, 2.24) is 4.57 Å². The van der Waals surface area contributed by atoms with Crippen LogP contribution in [0.4, 0.5) is 0 Å². The SMILES string of the molecule is CCc1cccc2ccn(CCCS(C)(=O)=O)c12. The van der Waals surface area contributed by atoms with Gasteiger partial charge in [0.05, 0.1) is 11.3 Å². The van der Waals surface area contributed by atoms with E-state index in [1.807, 2.05) is 6.20 Å². The largest absolute Gasteiger partial charge is 0.347 e. The fraction of sp³-hybridized carbons (Fsp3) is 0.429. The molecule has 0 unspecified atom stereocenters. The van der Waals surface area contributed by atoms with Gasteiger partial charge >= 0.3 is 0 Å². The maximum absolute atomic E-state index is 11.1. The summed E-state index contributed by atoms with van der Waals surface area (Å²) in [7, 11) is -2.86. The van der Waals surface area contributed by atoms with E-state index in [9.17, 15) is 8.42 Å². The number of hydrogen-bond donors (Lipinski definition) is 0. The minimum absolute atomic E-state index is 0.251. The molecule has 2 rings (SSSR count). The zero-order chi connectivity index (χ0) is 13.2. The lowest BCUT2D eigenvalue weighted by atomic mass is 10.1. The number of benzene rings is 1. The zero-order valence-corrected chi connectivity index (χ0v) is 11.7. The number of sulfone groups is 1. The van der Waals surface area contributed by atoms with Gasteiger partial charge in [-0.2, -0.15) is 0 Å². The molecule has 0 aliphatic rings. The first-order chi connectivity index (χ1) is 8.51. The van der Waals surface area contributed by atoms with Crippen molar-refractivity contribution in [3.8, 4) is 0 Å². The number of aromatic nitrogens is 1. The Morgan fingerprint density at radius 1 is 1.22 bits per heavy atom. The molecule has 0 amide bonds. The van der Waals surface area contributed by atoms with Gasteiger partial charge in [0.25, 0.3) is 0 Å². The summed E-state index contributed by atoms with van der Waals surface area (Å²) in [4.78, 5) is 0. The van der Waals surface area contributed by atoms with E-state index >= 15 is 0 Å². The first-order valence-corrected chi connectivity index (χ1v) is 8.32. The summed E-state index contributed by atoms with van der Waals surface area (Å²) in [6.07, 6.45) is 5.00. The molecule has 3 nitrogen and oxygen atoms in total. The van der Waals surface area contributed by atoms with E-state index in [-0.39, 0.29) is 5.75 Å². The molecule has 4 heteroatoms. The molecular weight excluding hydrogens is 246 g/mol. The van der Waals surface area contributed by atoms with Crippen LogP contribution in [0.25, 0.3) is 10.9 Å². The highest BCUT2D eigenvalue weighted by Crippen LogP contribution is 2.21. The summed E-state index contributed by atoms with van der Waals surface area (Å²) in [6.45, 7) is 2.90. The third-order valence-corrected chi connectivity index (χ3v) is 4.20. The van der Waals surface area contributed by atoms with Crippen molar-refractivity contribution in [1.29, 1.82) is 0 Å². The Balaban J connectivity index is 2.23. The smallest absolute Gasteiger partial charge is 0.147 e. The van der Waals surface area contributed by atoms with E-state index in [1.165, 1.54) is 22.7 Å². The molecule has 18 heavy (non-hydrogen) atoms. The number of fused-ring (bicyclic) bond motifs is 1. The number of aryl methyl sites for hydroxylation is 2. The molecule has 98 valence electrons. The second kappa shape index (κ2) is 5.14. The van der Waals surface area contributed by atoms with E-state index < -0.39 is 9.84 Å². The first kappa shape index (κ1) is 13.1. The summed E-state index contributed by atoms with van der Waals surface area (Å²) in [5.74, 6) is 0.251. The highest BCUT2D eigenvalue weighted by atomic mass is 32.2. The minimum atomic E-state index is -2.86. The van der Waals surface area contributed by atoms with Crippen LogP contribution in [0.3, 0.4) is 0 Å². The molecule has 0 fully saturated rings. The summed E-state index contributed by atoms with van der Waals surface area (Å²) in [5, 5.41) is 1.23. The molecular formula is C14H19NO2S. The fourth-order valence-electron chi connectivity index (χ4n) is 2.31. The van der Waals surface area contributed by atoms with Gasteiger partial charge in [-0.05, 0) is 29.9 Å². The standard InChI is InChI=1S/C14H19NO2S/c1-3-12-6-4-7-13-8-10-15(14(12)13)9-5-11-18(2,16)17/h4,6-8,10H,3,5,9,11H2,1-2H3. The van der Waals surface area contributed by atoms with Gasteiger partial charge in [0.1, 0.15) is 9.84 Å². The van der Waals surface area contributed by atoms with Crippen LogP contribution in [0.2, 0.25) is 0 Å². The van der Waals surface area contributed by atoms with Crippen LogP contribution in [0, 0.1) is 0 Å². The molecule has 0 saturated heterocycles. The Bertz CT molecular complexity index is 641. The Morgan fingerprint density at radius 3 is 2.67 bits per heavy atom. The summed E-state index contributed by atoms with van der Waals surface area (Å²) in [6, 6.07) is 8.40. The molecule has 2 aromatic rings. The maximum atomic E-state index is 11.1. The topological polar surface area (TPSA) is 39.1 Å². The zero-order valence-electron chi connectivity index (χ0n) is 10.9. The van der Waals surface area contributed by atoms with Crippen LogP contribution in [-0.2, 0) is 22.8 Å². The van der Waals surface area contributed by atoms with Crippen molar-refractivity contribution in [2.75, 3.05) is 12.0 Å². The molecule has 1 aromatic heterocycles. The van der Waals surface area contributed by atoms with Gasteiger partial charge in [-0.15, -0.1) is 0 Å². The van der Waals surface area contributed by atoms with Crippen LogP contribution < -0.4 is 0 Å². The lowest BCUT2D eigenvalue weighted by Crippen LogP contribution is -2.07. The van der Waals surface area contributed by atoms with Crippen molar-refractivity contribution in [2.24, 2.45) is 0 Å². The highest BCUT2D eigenvalue weighted by molar-refractivity contribution is 7.90. The van der Waals surface area contributed by atoms with Gasteiger partial charge in [0, 0.05) is 19.0 Å². The lowest BCUT2D eigenvalue weighted by molar-refractivity contribution is 0.593. The van der Waals surface area contributed by atoms with Crippen molar-refractivity contribution in [3.05, 3.63) is 36.0 Å². The summed E-state index contributed by atoms with van der Waals surface area (Å²) >= 11 is 0. The Hall–Kier alpha value is -1.29.